The Labute approximate surface area is 89.2 Å². The molecule has 0 aromatic rings. The van der Waals surface area contributed by atoms with Crippen LogP contribution in [0, 0.1) is 0 Å². The number of hydrogen-bond acceptors (Lipinski definition) is 3. The summed E-state index contributed by atoms with van der Waals surface area (Å²) in [5.41, 5.74) is -0.618. The first kappa shape index (κ1) is 10.4. The van der Waals surface area contributed by atoms with Gasteiger partial charge in [0.15, 0.2) is 0 Å². The van der Waals surface area contributed by atoms with Gasteiger partial charge in [-0.3, -0.25) is 9.69 Å². The highest BCUT2D eigenvalue weighted by atomic mass is 16.2. The van der Waals surface area contributed by atoms with E-state index in [0.29, 0.717) is 12.8 Å². The predicted molar refractivity (Wildman–Crippen MR) is 55.3 cm³/mol. The number of nitrogens with one attached hydrogen (secondary N) is 2. The van der Waals surface area contributed by atoms with Crippen molar-refractivity contribution in [1.82, 2.24) is 15.5 Å². The Hall–Kier alpha value is -1.10. The summed E-state index contributed by atoms with van der Waals surface area (Å²) in [6.45, 7) is 5.30. The molecule has 0 aromatic heterocycles. The third-order valence-corrected chi connectivity index (χ3v) is 3.17. The maximum absolute atomic E-state index is 12.1. The fourth-order valence-corrected chi connectivity index (χ4v) is 2.30. The highest BCUT2D eigenvalue weighted by molar-refractivity contribution is 6.07. The molecule has 15 heavy (non-hydrogen) atoms. The van der Waals surface area contributed by atoms with Gasteiger partial charge in [0.1, 0.15) is 5.54 Å². The van der Waals surface area contributed by atoms with Gasteiger partial charge in [-0.2, -0.15) is 0 Å². The Morgan fingerprint density at radius 3 is 2.33 bits per heavy atom. The average molecular weight is 211 g/mol. The summed E-state index contributed by atoms with van der Waals surface area (Å²) < 4.78 is 0. The normalized spacial score (nSPS) is 25.1. The van der Waals surface area contributed by atoms with E-state index < -0.39 is 5.54 Å². The molecule has 3 amide bonds. The molecule has 2 aliphatic heterocycles. The van der Waals surface area contributed by atoms with Gasteiger partial charge in [-0.25, -0.2) is 4.79 Å². The molecular formula is C10H17N3O2. The van der Waals surface area contributed by atoms with E-state index in [9.17, 15) is 9.59 Å². The summed E-state index contributed by atoms with van der Waals surface area (Å²) in [5.74, 6) is -0.0519. The van der Waals surface area contributed by atoms with Gasteiger partial charge in [-0.15, -0.1) is 0 Å². The summed E-state index contributed by atoms with van der Waals surface area (Å²) in [7, 11) is 0. The van der Waals surface area contributed by atoms with Gasteiger partial charge in [0.05, 0.1) is 0 Å². The number of rotatable bonds is 1. The first-order chi connectivity index (χ1) is 7.07. The molecule has 5 nitrogen and oxygen atoms in total. The molecule has 0 aliphatic carbocycles. The molecule has 2 rings (SSSR count). The van der Waals surface area contributed by atoms with Crippen LogP contribution in [0.5, 0.6) is 0 Å². The smallest absolute Gasteiger partial charge is 0.323 e. The second-order valence-corrected chi connectivity index (χ2v) is 4.53. The van der Waals surface area contributed by atoms with Gasteiger partial charge in [0.25, 0.3) is 5.91 Å². The van der Waals surface area contributed by atoms with Crippen LogP contribution >= 0.6 is 0 Å². The fourth-order valence-electron chi connectivity index (χ4n) is 2.30. The molecule has 0 aromatic carbocycles. The summed E-state index contributed by atoms with van der Waals surface area (Å²) >= 11 is 0. The van der Waals surface area contributed by atoms with Crippen molar-refractivity contribution < 1.29 is 9.59 Å². The van der Waals surface area contributed by atoms with Crippen molar-refractivity contribution in [2.24, 2.45) is 0 Å². The van der Waals surface area contributed by atoms with Crippen molar-refractivity contribution >= 4 is 11.9 Å². The van der Waals surface area contributed by atoms with Gasteiger partial charge < -0.3 is 10.6 Å². The first-order valence-corrected chi connectivity index (χ1v) is 5.43. The number of carbonyl (C=O) groups is 2. The van der Waals surface area contributed by atoms with Crippen LogP contribution < -0.4 is 10.6 Å². The van der Waals surface area contributed by atoms with E-state index in [-0.39, 0.29) is 18.0 Å². The minimum absolute atomic E-state index is 0.0519. The number of imide groups is 1. The maximum atomic E-state index is 12.1. The van der Waals surface area contributed by atoms with Crippen LogP contribution in [0.4, 0.5) is 4.79 Å². The van der Waals surface area contributed by atoms with Crippen molar-refractivity contribution in [3.8, 4) is 0 Å². The molecule has 2 saturated heterocycles. The average Bonchev–Trinajstić information content (AvgIpc) is 2.40. The van der Waals surface area contributed by atoms with Crippen LogP contribution in [0.3, 0.4) is 0 Å². The van der Waals surface area contributed by atoms with Crippen LogP contribution in [0.1, 0.15) is 26.7 Å². The standard InChI is InChI=1S/C10H17N3O2/c1-7(2)13-8(14)10(12-9(13)15)3-5-11-6-4-10/h7,11H,3-6H2,1-2H3,(H,12,15). The molecule has 0 radical (unpaired) electrons. The largest absolute Gasteiger partial charge is 0.325 e. The van der Waals surface area contributed by atoms with E-state index in [0.717, 1.165) is 13.1 Å². The molecular weight excluding hydrogens is 194 g/mol. The molecule has 5 heteroatoms. The number of carbonyl (C=O) groups excluding carboxylic acids is 2. The summed E-state index contributed by atoms with van der Waals surface area (Å²) in [5, 5.41) is 6.04. The molecule has 2 heterocycles. The number of urea groups is 1. The van der Waals surface area contributed by atoms with Crippen LogP contribution in [-0.4, -0.2) is 41.5 Å². The van der Waals surface area contributed by atoms with Crippen molar-refractivity contribution in [3.63, 3.8) is 0 Å². The minimum atomic E-state index is -0.618. The van der Waals surface area contributed by atoms with E-state index in [2.05, 4.69) is 10.6 Å². The van der Waals surface area contributed by atoms with Gasteiger partial charge in [0.2, 0.25) is 0 Å². The molecule has 0 bridgehead atoms. The van der Waals surface area contributed by atoms with Gasteiger partial charge >= 0.3 is 6.03 Å². The molecule has 2 aliphatic rings. The number of amides is 3. The van der Waals surface area contributed by atoms with Crippen LogP contribution in [0.25, 0.3) is 0 Å². The van der Waals surface area contributed by atoms with Crippen LogP contribution in [0.15, 0.2) is 0 Å². The Kier molecular flexibility index (Phi) is 2.42. The topological polar surface area (TPSA) is 61.4 Å². The maximum Gasteiger partial charge on any atom is 0.325 e. The Morgan fingerprint density at radius 1 is 1.27 bits per heavy atom. The monoisotopic (exact) mass is 211 g/mol. The Morgan fingerprint density at radius 2 is 1.87 bits per heavy atom. The first-order valence-electron chi connectivity index (χ1n) is 5.43. The van der Waals surface area contributed by atoms with Crippen LogP contribution in [-0.2, 0) is 4.79 Å². The van der Waals surface area contributed by atoms with Crippen molar-refractivity contribution in [2.75, 3.05) is 13.1 Å². The quantitative estimate of drug-likeness (QED) is 0.603. The number of nitrogens with zero attached hydrogens (tertiary/aromatic N) is 1. The summed E-state index contributed by atoms with van der Waals surface area (Å²) in [6, 6.07) is -0.302. The lowest BCUT2D eigenvalue weighted by Crippen LogP contribution is -2.54. The zero-order chi connectivity index (χ0) is 11.1. The highest BCUT2D eigenvalue weighted by Crippen LogP contribution is 2.27. The third kappa shape index (κ3) is 1.51. The summed E-state index contributed by atoms with van der Waals surface area (Å²) in [4.78, 5) is 25.2. The molecule has 1 spiro atoms. The lowest BCUT2D eigenvalue weighted by molar-refractivity contribution is -0.133. The molecule has 2 N–H and O–H groups in total. The van der Waals surface area contributed by atoms with E-state index >= 15 is 0 Å². The summed E-state index contributed by atoms with van der Waals surface area (Å²) in [6.07, 6.45) is 1.39. The highest BCUT2D eigenvalue weighted by Gasteiger charge is 2.51. The second-order valence-electron chi connectivity index (χ2n) is 4.53. The fraction of sp³-hybridized carbons (Fsp3) is 0.800. The number of piperidine rings is 1. The van der Waals surface area contributed by atoms with E-state index in [1.165, 1.54) is 4.90 Å². The Bertz CT molecular complexity index is 295. The predicted octanol–water partition coefficient (Wildman–Crippen LogP) is 0.0688. The van der Waals surface area contributed by atoms with Crippen molar-refractivity contribution in [1.29, 1.82) is 0 Å². The second kappa shape index (κ2) is 3.48. The molecule has 84 valence electrons. The zero-order valence-corrected chi connectivity index (χ0v) is 9.17. The molecule has 0 atom stereocenters. The van der Waals surface area contributed by atoms with Gasteiger partial charge in [-0.1, -0.05) is 0 Å². The molecule has 2 fully saturated rings. The molecule has 0 saturated carbocycles. The van der Waals surface area contributed by atoms with Crippen molar-refractivity contribution in [2.45, 2.75) is 38.3 Å². The lowest BCUT2D eigenvalue weighted by Gasteiger charge is -2.31. The minimum Gasteiger partial charge on any atom is -0.323 e. The third-order valence-electron chi connectivity index (χ3n) is 3.17. The van der Waals surface area contributed by atoms with Gasteiger partial charge in [0, 0.05) is 6.04 Å². The van der Waals surface area contributed by atoms with Gasteiger partial charge in [-0.05, 0) is 39.8 Å². The SMILES string of the molecule is CC(C)N1C(=O)NC2(CCNCC2)C1=O. The molecule has 0 unspecified atom stereocenters. The van der Waals surface area contributed by atoms with Crippen LogP contribution in [0.2, 0.25) is 0 Å². The van der Waals surface area contributed by atoms with E-state index in [1.807, 2.05) is 13.8 Å². The lowest BCUT2D eigenvalue weighted by atomic mass is 9.88. The van der Waals surface area contributed by atoms with E-state index in [4.69, 9.17) is 0 Å². The number of hydrogen-bond donors (Lipinski definition) is 2. The van der Waals surface area contributed by atoms with Crippen molar-refractivity contribution in [3.05, 3.63) is 0 Å². The van der Waals surface area contributed by atoms with E-state index in [1.54, 1.807) is 0 Å². The Balaban J connectivity index is 2.23. The zero-order valence-electron chi connectivity index (χ0n) is 9.17.